The third-order valence-electron chi connectivity index (χ3n) is 3.77. The van der Waals surface area contributed by atoms with E-state index in [1.165, 1.54) is 0 Å². The Morgan fingerprint density at radius 2 is 1.90 bits per heavy atom. The lowest BCUT2D eigenvalue weighted by atomic mass is 10.1. The zero-order valence-electron chi connectivity index (χ0n) is 12.5. The number of nitrogens with zero attached hydrogens (tertiary/aromatic N) is 3. The average molecular weight is 289 g/mol. The van der Waals surface area contributed by atoms with Gasteiger partial charge in [-0.05, 0) is 25.5 Å². The van der Waals surface area contributed by atoms with Gasteiger partial charge in [0.15, 0.2) is 0 Å². The van der Waals surface area contributed by atoms with Crippen LogP contribution in [0.4, 0.5) is 0 Å². The van der Waals surface area contributed by atoms with Crippen LogP contribution >= 0.6 is 0 Å². The fourth-order valence-corrected chi connectivity index (χ4v) is 2.71. The molecule has 0 radical (unpaired) electrons. The Kier molecular flexibility index (Phi) is 3.79. The van der Waals surface area contributed by atoms with Crippen LogP contribution in [0.1, 0.15) is 24.0 Å². The molecule has 0 aliphatic carbocycles. The van der Waals surface area contributed by atoms with Crippen molar-refractivity contribution in [2.75, 3.05) is 27.4 Å². The molecular formula is C15H19N3O3. The number of ether oxygens (including phenoxy) is 3. The summed E-state index contributed by atoms with van der Waals surface area (Å²) in [6, 6.07) is 5.72. The quantitative estimate of drug-likeness (QED) is 0.862. The Hall–Kier alpha value is -2.08. The Bertz CT molecular complexity index is 611. The van der Waals surface area contributed by atoms with Gasteiger partial charge in [-0.15, -0.1) is 10.2 Å². The molecule has 0 amide bonds. The molecule has 0 unspecified atom stereocenters. The summed E-state index contributed by atoms with van der Waals surface area (Å²) in [4.78, 5) is 0. The van der Waals surface area contributed by atoms with Crippen LogP contribution in [-0.4, -0.2) is 42.2 Å². The van der Waals surface area contributed by atoms with Crippen LogP contribution in [0.2, 0.25) is 0 Å². The Balaban J connectivity index is 2.18. The highest BCUT2D eigenvalue weighted by Crippen LogP contribution is 2.36. The van der Waals surface area contributed by atoms with Crippen LogP contribution in [0, 0.1) is 6.92 Å². The molecule has 1 aliphatic heterocycles. The highest BCUT2D eigenvalue weighted by atomic mass is 16.5. The lowest BCUT2D eigenvalue weighted by Crippen LogP contribution is -2.11. The highest BCUT2D eigenvalue weighted by Gasteiger charge is 2.27. The molecule has 0 spiro atoms. The zero-order valence-corrected chi connectivity index (χ0v) is 12.5. The van der Waals surface area contributed by atoms with Gasteiger partial charge in [-0.25, -0.2) is 0 Å². The molecule has 1 aliphatic rings. The number of benzene rings is 1. The number of hydrogen-bond donors (Lipinski definition) is 0. The lowest BCUT2D eigenvalue weighted by molar-refractivity contribution is 0.193. The maximum atomic E-state index is 5.50. The minimum absolute atomic E-state index is 0.251. The first-order valence-corrected chi connectivity index (χ1v) is 6.97. The van der Waals surface area contributed by atoms with Gasteiger partial charge < -0.3 is 14.2 Å². The summed E-state index contributed by atoms with van der Waals surface area (Å²) in [7, 11) is 3.30. The summed E-state index contributed by atoms with van der Waals surface area (Å²) >= 11 is 0. The average Bonchev–Trinajstić information content (AvgIpc) is 3.15. The monoisotopic (exact) mass is 289 g/mol. The molecular weight excluding hydrogens is 270 g/mol. The van der Waals surface area contributed by atoms with Crippen molar-refractivity contribution in [3.63, 3.8) is 0 Å². The van der Waals surface area contributed by atoms with Crippen LogP contribution in [0.5, 0.6) is 11.5 Å². The second-order valence-corrected chi connectivity index (χ2v) is 5.01. The van der Waals surface area contributed by atoms with Crippen molar-refractivity contribution in [2.24, 2.45) is 0 Å². The predicted octanol–water partition coefficient (Wildman–Crippen LogP) is 2.10. The summed E-state index contributed by atoms with van der Waals surface area (Å²) in [5, 5.41) is 8.58. The molecule has 0 bridgehead atoms. The lowest BCUT2D eigenvalue weighted by Gasteiger charge is -2.17. The van der Waals surface area contributed by atoms with E-state index in [0.717, 1.165) is 41.9 Å². The van der Waals surface area contributed by atoms with Crippen molar-refractivity contribution in [1.82, 2.24) is 14.8 Å². The van der Waals surface area contributed by atoms with Gasteiger partial charge in [-0.1, -0.05) is 6.07 Å². The number of rotatable bonds is 4. The molecule has 3 rings (SSSR count). The first-order chi connectivity index (χ1) is 10.3. The van der Waals surface area contributed by atoms with Gasteiger partial charge in [-0.3, -0.25) is 4.57 Å². The predicted molar refractivity (Wildman–Crippen MR) is 77.4 cm³/mol. The van der Waals surface area contributed by atoms with Crippen molar-refractivity contribution in [3.8, 4) is 17.2 Å². The van der Waals surface area contributed by atoms with E-state index in [2.05, 4.69) is 10.2 Å². The van der Waals surface area contributed by atoms with Crippen LogP contribution in [0.3, 0.4) is 0 Å². The number of aromatic nitrogens is 3. The van der Waals surface area contributed by atoms with E-state index in [0.29, 0.717) is 6.61 Å². The standard InChI is InChI=1S/C15H19N3O3/c1-10-16-17-15(11-7-8-21-9-11)18(10)14-12(19-2)5-4-6-13(14)20-3/h4-6,11H,7-9H2,1-3H3/t11-/m1/s1. The van der Waals surface area contributed by atoms with Gasteiger partial charge in [0.2, 0.25) is 0 Å². The van der Waals surface area contributed by atoms with Gasteiger partial charge in [0.25, 0.3) is 0 Å². The van der Waals surface area contributed by atoms with Crippen molar-refractivity contribution >= 4 is 0 Å². The van der Waals surface area contributed by atoms with Gasteiger partial charge in [0.05, 0.1) is 20.8 Å². The van der Waals surface area contributed by atoms with E-state index >= 15 is 0 Å². The molecule has 21 heavy (non-hydrogen) atoms. The smallest absolute Gasteiger partial charge is 0.146 e. The Morgan fingerprint density at radius 1 is 1.19 bits per heavy atom. The zero-order chi connectivity index (χ0) is 14.8. The molecule has 6 heteroatoms. The number of aryl methyl sites for hydroxylation is 1. The van der Waals surface area contributed by atoms with Crippen molar-refractivity contribution < 1.29 is 14.2 Å². The van der Waals surface area contributed by atoms with Crippen LogP contribution < -0.4 is 9.47 Å². The van der Waals surface area contributed by atoms with Crippen LogP contribution in [0.15, 0.2) is 18.2 Å². The SMILES string of the molecule is COc1cccc(OC)c1-n1c(C)nnc1[C@@H]1CCOC1. The minimum Gasteiger partial charge on any atom is -0.494 e. The van der Waals surface area contributed by atoms with E-state index in [-0.39, 0.29) is 5.92 Å². The first-order valence-electron chi connectivity index (χ1n) is 6.97. The molecule has 1 atom stereocenters. The molecule has 0 N–H and O–H groups in total. The molecule has 2 heterocycles. The maximum Gasteiger partial charge on any atom is 0.146 e. The topological polar surface area (TPSA) is 58.4 Å². The van der Waals surface area contributed by atoms with Gasteiger partial charge in [-0.2, -0.15) is 0 Å². The fraction of sp³-hybridized carbons (Fsp3) is 0.467. The van der Waals surface area contributed by atoms with Gasteiger partial charge >= 0.3 is 0 Å². The second-order valence-electron chi connectivity index (χ2n) is 5.01. The van der Waals surface area contributed by atoms with Crippen molar-refractivity contribution in [1.29, 1.82) is 0 Å². The molecule has 6 nitrogen and oxygen atoms in total. The summed E-state index contributed by atoms with van der Waals surface area (Å²) in [6.07, 6.45) is 0.954. The third kappa shape index (κ3) is 2.35. The second kappa shape index (κ2) is 5.73. The Labute approximate surface area is 123 Å². The number of hydrogen-bond acceptors (Lipinski definition) is 5. The molecule has 1 fully saturated rings. The molecule has 1 aromatic carbocycles. The third-order valence-corrected chi connectivity index (χ3v) is 3.77. The van der Waals surface area contributed by atoms with Crippen molar-refractivity contribution in [3.05, 3.63) is 29.8 Å². The van der Waals surface area contributed by atoms with E-state index < -0.39 is 0 Å². The minimum atomic E-state index is 0.251. The molecule has 1 saturated heterocycles. The van der Waals surface area contributed by atoms with E-state index in [1.807, 2.05) is 29.7 Å². The normalized spacial score (nSPS) is 18.0. The summed E-state index contributed by atoms with van der Waals surface area (Å²) in [6.45, 7) is 3.37. The summed E-state index contributed by atoms with van der Waals surface area (Å²) in [5.74, 6) is 3.42. The van der Waals surface area contributed by atoms with E-state index in [9.17, 15) is 0 Å². The Morgan fingerprint density at radius 3 is 2.48 bits per heavy atom. The molecule has 2 aromatic rings. The van der Waals surface area contributed by atoms with E-state index in [4.69, 9.17) is 14.2 Å². The molecule has 112 valence electrons. The largest absolute Gasteiger partial charge is 0.494 e. The number of para-hydroxylation sites is 1. The van der Waals surface area contributed by atoms with Crippen molar-refractivity contribution in [2.45, 2.75) is 19.3 Å². The van der Waals surface area contributed by atoms with Crippen LogP contribution in [-0.2, 0) is 4.74 Å². The first kappa shape index (κ1) is 13.9. The fourth-order valence-electron chi connectivity index (χ4n) is 2.71. The van der Waals surface area contributed by atoms with Crippen LogP contribution in [0.25, 0.3) is 5.69 Å². The van der Waals surface area contributed by atoms with Gasteiger partial charge in [0.1, 0.15) is 28.8 Å². The highest BCUT2D eigenvalue weighted by molar-refractivity contribution is 5.58. The summed E-state index contributed by atoms with van der Waals surface area (Å²) in [5.41, 5.74) is 0.840. The number of methoxy groups -OCH3 is 2. The molecule has 1 aromatic heterocycles. The van der Waals surface area contributed by atoms with Gasteiger partial charge in [0, 0.05) is 12.5 Å². The van der Waals surface area contributed by atoms with E-state index in [1.54, 1.807) is 14.2 Å². The summed E-state index contributed by atoms with van der Waals surface area (Å²) < 4.78 is 18.5. The molecule has 0 saturated carbocycles. The maximum absolute atomic E-state index is 5.50.